The van der Waals surface area contributed by atoms with Crippen LogP contribution in [0.3, 0.4) is 0 Å². The van der Waals surface area contributed by atoms with E-state index in [9.17, 15) is 4.39 Å². The van der Waals surface area contributed by atoms with Crippen molar-refractivity contribution >= 4 is 12.4 Å². The van der Waals surface area contributed by atoms with Gasteiger partial charge in [-0.25, -0.2) is 4.39 Å². The van der Waals surface area contributed by atoms with Crippen molar-refractivity contribution in [3.8, 4) is 0 Å². The van der Waals surface area contributed by atoms with Crippen molar-refractivity contribution in [1.82, 2.24) is 0 Å². The van der Waals surface area contributed by atoms with Crippen molar-refractivity contribution in [2.24, 2.45) is 5.73 Å². The Kier molecular flexibility index (Phi) is 3.28. The second-order valence-electron chi connectivity index (χ2n) is 1.72. The first-order valence-corrected chi connectivity index (χ1v) is 2.28. The van der Waals surface area contributed by atoms with E-state index in [1.54, 1.807) is 0 Å². The van der Waals surface area contributed by atoms with Crippen LogP contribution in [0.1, 0.15) is 0 Å². The van der Waals surface area contributed by atoms with Gasteiger partial charge in [0, 0.05) is 0 Å². The molecule has 1 rings (SSSR count). The fraction of sp³-hybridized carbons (Fsp3) is 1.00. The van der Waals surface area contributed by atoms with E-state index < -0.39 is 6.17 Å². The summed E-state index contributed by atoms with van der Waals surface area (Å²) in [6, 6.07) is -0.375. The fourth-order valence-electron chi connectivity index (χ4n) is 0.545. The Morgan fingerprint density at radius 1 is 1.50 bits per heavy atom. The lowest BCUT2D eigenvalue weighted by Crippen LogP contribution is -2.29. The number of alkyl halides is 1. The Bertz CT molecular complexity index is 65.1. The molecule has 0 aromatic heterocycles. The van der Waals surface area contributed by atoms with Crippen LogP contribution in [-0.2, 0) is 4.74 Å². The minimum absolute atomic E-state index is 0. The molecule has 1 fully saturated rings. The molecule has 0 aliphatic carbocycles. The third-order valence-electron chi connectivity index (χ3n) is 1.05. The zero-order valence-corrected chi connectivity index (χ0v) is 5.16. The maximum Gasteiger partial charge on any atom is 0.141 e. The SMILES string of the molecule is Cl.NC1COCC1F. The third kappa shape index (κ3) is 1.58. The van der Waals surface area contributed by atoms with Gasteiger partial charge in [-0.1, -0.05) is 0 Å². The topological polar surface area (TPSA) is 35.2 Å². The molecule has 4 heteroatoms. The Morgan fingerprint density at radius 2 is 2.12 bits per heavy atom. The molecule has 2 atom stereocenters. The molecule has 8 heavy (non-hydrogen) atoms. The van der Waals surface area contributed by atoms with Crippen LogP contribution >= 0.6 is 12.4 Å². The summed E-state index contributed by atoms with van der Waals surface area (Å²) in [5, 5.41) is 0. The van der Waals surface area contributed by atoms with Crippen LogP contribution in [0.15, 0.2) is 0 Å². The van der Waals surface area contributed by atoms with Gasteiger partial charge in [-0.15, -0.1) is 12.4 Å². The highest BCUT2D eigenvalue weighted by Crippen LogP contribution is 2.05. The van der Waals surface area contributed by atoms with Crippen LogP contribution in [0, 0.1) is 0 Å². The van der Waals surface area contributed by atoms with Gasteiger partial charge in [0.25, 0.3) is 0 Å². The molecule has 1 aliphatic rings. The van der Waals surface area contributed by atoms with Crippen LogP contribution in [0.25, 0.3) is 0 Å². The van der Waals surface area contributed by atoms with E-state index >= 15 is 0 Å². The molecule has 0 bridgehead atoms. The molecule has 2 nitrogen and oxygen atoms in total. The van der Waals surface area contributed by atoms with Crippen LogP contribution in [0.2, 0.25) is 0 Å². The normalized spacial score (nSPS) is 36.8. The maximum atomic E-state index is 12.1. The zero-order chi connectivity index (χ0) is 5.28. The first-order valence-electron chi connectivity index (χ1n) is 2.28. The van der Waals surface area contributed by atoms with Crippen molar-refractivity contribution in [2.45, 2.75) is 12.2 Å². The monoisotopic (exact) mass is 141 g/mol. The highest BCUT2D eigenvalue weighted by molar-refractivity contribution is 5.85. The molecule has 1 aliphatic heterocycles. The van der Waals surface area contributed by atoms with E-state index in [1.807, 2.05) is 0 Å². The van der Waals surface area contributed by atoms with Gasteiger partial charge >= 0.3 is 0 Å². The van der Waals surface area contributed by atoms with E-state index in [0.29, 0.717) is 6.61 Å². The summed E-state index contributed by atoms with van der Waals surface area (Å²) in [6.45, 7) is 0.558. The van der Waals surface area contributed by atoms with Crippen molar-refractivity contribution in [1.29, 1.82) is 0 Å². The van der Waals surface area contributed by atoms with E-state index in [4.69, 9.17) is 5.73 Å². The third-order valence-corrected chi connectivity index (χ3v) is 1.05. The van der Waals surface area contributed by atoms with Crippen molar-refractivity contribution in [3.63, 3.8) is 0 Å². The van der Waals surface area contributed by atoms with E-state index in [-0.39, 0.29) is 25.1 Å². The summed E-state index contributed by atoms with van der Waals surface area (Å²) in [5.74, 6) is 0. The van der Waals surface area contributed by atoms with Gasteiger partial charge in [0.05, 0.1) is 19.3 Å². The van der Waals surface area contributed by atoms with Crippen molar-refractivity contribution < 1.29 is 9.13 Å². The molecule has 0 aromatic carbocycles. The molecular weight excluding hydrogens is 133 g/mol. The Morgan fingerprint density at radius 3 is 2.25 bits per heavy atom. The van der Waals surface area contributed by atoms with Gasteiger partial charge in [-0.2, -0.15) is 0 Å². The Hall–Kier alpha value is 0.140. The minimum Gasteiger partial charge on any atom is -0.377 e. The largest absolute Gasteiger partial charge is 0.377 e. The summed E-state index contributed by atoms with van der Waals surface area (Å²) >= 11 is 0. The molecule has 1 heterocycles. The lowest BCUT2D eigenvalue weighted by molar-refractivity contribution is 0.173. The lowest BCUT2D eigenvalue weighted by atomic mass is 10.3. The van der Waals surface area contributed by atoms with Crippen LogP contribution in [0.5, 0.6) is 0 Å². The molecule has 0 saturated carbocycles. The molecule has 0 radical (unpaired) electrons. The molecule has 50 valence electrons. The van der Waals surface area contributed by atoms with Gasteiger partial charge in [0.15, 0.2) is 0 Å². The molecule has 2 unspecified atom stereocenters. The van der Waals surface area contributed by atoms with Crippen LogP contribution in [0.4, 0.5) is 4.39 Å². The molecule has 0 amide bonds. The summed E-state index contributed by atoms with van der Waals surface area (Å²) in [4.78, 5) is 0. The zero-order valence-electron chi connectivity index (χ0n) is 4.34. The molecule has 1 saturated heterocycles. The fourth-order valence-corrected chi connectivity index (χ4v) is 0.545. The first-order chi connectivity index (χ1) is 3.30. The molecule has 0 aromatic rings. The lowest BCUT2D eigenvalue weighted by Gasteiger charge is -1.98. The average molecular weight is 142 g/mol. The molecule has 2 N–H and O–H groups in total. The number of ether oxygens (including phenoxy) is 1. The van der Waals surface area contributed by atoms with Crippen molar-refractivity contribution in [2.75, 3.05) is 13.2 Å². The van der Waals surface area contributed by atoms with Gasteiger partial charge in [-0.3, -0.25) is 0 Å². The number of nitrogens with two attached hydrogens (primary N) is 1. The molecular formula is C4H9ClFNO. The summed E-state index contributed by atoms with van der Waals surface area (Å²) in [5.41, 5.74) is 5.18. The Labute approximate surface area is 53.6 Å². The van der Waals surface area contributed by atoms with E-state index in [2.05, 4.69) is 4.74 Å². The van der Waals surface area contributed by atoms with Crippen LogP contribution < -0.4 is 5.73 Å². The Balaban J connectivity index is 0.000000490. The maximum absolute atomic E-state index is 12.1. The second kappa shape index (κ2) is 3.22. The van der Waals surface area contributed by atoms with Crippen molar-refractivity contribution in [3.05, 3.63) is 0 Å². The van der Waals surface area contributed by atoms with Crippen LogP contribution in [-0.4, -0.2) is 25.4 Å². The van der Waals surface area contributed by atoms with Gasteiger partial charge < -0.3 is 10.5 Å². The standard InChI is InChI=1S/C4H8FNO.ClH/c5-3-1-7-2-4(3)6;/h3-4H,1-2,6H2;1H. The van der Waals surface area contributed by atoms with Gasteiger partial charge in [-0.05, 0) is 0 Å². The van der Waals surface area contributed by atoms with Gasteiger partial charge in [0.2, 0.25) is 0 Å². The quantitative estimate of drug-likeness (QED) is 0.520. The number of hydrogen-bond acceptors (Lipinski definition) is 2. The van der Waals surface area contributed by atoms with E-state index in [1.165, 1.54) is 0 Å². The summed E-state index contributed by atoms with van der Waals surface area (Å²) in [6.07, 6.45) is -0.931. The number of hydrogen-bond donors (Lipinski definition) is 1. The van der Waals surface area contributed by atoms with Gasteiger partial charge in [0.1, 0.15) is 6.17 Å². The summed E-state index contributed by atoms with van der Waals surface area (Å²) in [7, 11) is 0. The average Bonchev–Trinajstić information content (AvgIpc) is 1.91. The highest BCUT2D eigenvalue weighted by atomic mass is 35.5. The number of halogens is 2. The summed E-state index contributed by atoms with van der Waals surface area (Å²) < 4.78 is 16.7. The number of rotatable bonds is 0. The smallest absolute Gasteiger partial charge is 0.141 e. The predicted molar refractivity (Wildman–Crippen MR) is 30.9 cm³/mol. The van der Waals surface area contributed by atoms with E-state index in [0.717, 1.165) is 0 Å². The predicted octanol–water partition coefficient (Wildman–Crippen LogP) is 0.104. The first kappa shape index (κ1) is 8.14. The second-order valence-corrected chi connectivity index (χ2v) is 1.72. The minimum atomic E-state index is -0.931. The molecule has 0 spiro atoms. The highest BCUT2D eigenvalue weighted by Gasteiger charge is 2.23.